The van der Waals surface area contributed by atoms with Crippen LogP contribution in [-0.4, -0.2) is 33.8 Å². The van der Waals surface area contributed by atoms with Crippen molar-refractivity contribution in [2.24, 2.45) is 0 Å². The maximum atomic E-state index is 5.70. The third-order valence-electron chi connectivity index (χ3n) is 4.07. The summed E-state index contributed by atoms with van der Waals surface area (Å²) in [6.07, 6.45) is 8.89. The molecule has 1 aromatic rings. The van der Waals surface area contributed by atoms with Gasteiger partial charge in [-0.25, -0.2) is 0 Å². The number of hydrogen-bond donors (Lipinski definition) is 1. The van der Waals surface area contributed by atoms with E-state index in [1.165, 1.54) is 25.7 Å². The maximum absolute atomic E-state index is 5.70. The average molecular weight is 206 g/mol. The lowest BCUT2D eigenvalue weighted by molar-refractivity contribution is 0.131. The number of anilines is 1. The van der Waals surface area contributed by atoms with Gasteiger partial charge < -0.3 is 10.6 Å². The van der Waals surface area contributed by atoms with Gasteiger partial charge in [0.2, 0.25) is 0 Å². The SMILES string of the molecule is CN1[C@H]2CC[C@H]1CC(n1cc(N)cn1)C2. The molecule has 2 atom stereocenters. The zero-order valence-corrected chi connectivity index (χ0v) is 9.13. The molecule has 0 unspecified atom stereocenters. The molecule has 2 fully saturated rings. The molecule has 4 heteroatoms. The van der Waals surface area contributed by atoms with Crippen molar-refractivity contribution in [2.45, 2.75) is 43.8 Å². The predicted molar refractivity (Wildman–Crippen MR) is 59.5 cm³/mol. The zero-order chi connectivity index (χ0) is 10.4. The lowest BCUT2D eigenvalue weighted by Gasteiger charge is -2.36. The highest BCUT2D eigenvalue weighted by Gasteiger charge is 2.39. The molecule has 3 heterocycles. The standard InChI is InChI=1S/C11H18N4/c1-14-9-2-3-10(14)5-11(4-9)15-7-8(12)6-13-15/h6-7,9-11H,2-5,12H2,1H3/t9-,10-/m0/s1. The molecule has 2 aliphatic rings. The molecule has 0 spiro atoms. The quantitative estimate of drug-likeness (QED) is 0.752. The number of piperidine rings is 1. The molecule has 15 heavy (non-hydrogen) atoms. The summed E-state index contributed by atoms with van der Waals surface area (Å²) in [5.41, 5.74) is 6.48. The van der Waals surface area contributed by atoms with Gasteiger partial charge in [-0.15, -0.1) is 0 Å². The van der Waals surface area contributed by atoms with Crippen LogP contribution in [0.1, 0.15) is 31.7 Å². The minimum atomic E-state index is 0.566. The summed E-state index contributed by atoms with van der Waals surface area (Å²) in [7, 11) is 2.26. The van der Waals surface area contributed by atoms with Crippen molar-refractivity contribution in [2.75, 3.05) is 12.8 Å². The fraction of sp³-hybridized carbons (Fsp3) is 0.727. The fourth-order valence-electron chi connectivity index (χ4n) is 3.15. The van der Waals surface area contributed by atoms with Crippen LogP contribution < -0.4 is 5.73 Å². The molecule has 0 amide bonds. The van der Waals surface area contributed by atoms with Gasteiger partial charge in [0.15, 0.2) is 0 Å². The van der Waals surface area contributed by atoms with Crippen LogP contribution >= 0.6 is 0 Å². The highest BCUT2D eigenvalue weighted by Crippen LogP contribution is 2.39. The van der Waals surface area contributed by atoms with Gasteiger partial charge in [-0.2, -0.15) is 5.10 Å². The Morgan fingerprint density at radius 2 is 1.93 bits per heavy atom. The summed E-state index contributed by atoms with van der Waals surface area (Å²) < 4.78 is 2.06. The van der Waals surface area contributed by atoms with Crippen LogP contribution in [0.25, 0.3) is 0 Å². The molecular weight excluding hydrogens is 188 g/mol. The Labute approximate surface area is 90.0 Å². The summed E-state index contributed by atoms with van der Waals surface area (Å²) in [5, 5.41) is 4.33. The maximum Gasteiger partial charge on any atom is 0.0719 e. The number of fused-ring (bicyclic) bond motifs is 2. The van der Waals surface area contributed by atoms with E-state index in [4.69, 9.17) is 5.73 Å². The summed E-state index contributed by atoms with van der Waals surface area (Å²) in [5.74, 6) is 0. The van der Waals surface area contributed by atoms with E-state index in [9.17, 15) is 0 Å². The normalized spacial score (nSPS) is 35.9. The molecular formula is C11H18N4. The summed E-state index contributed by atoms with van der Waals surface area (Å²) in [6.45, 7) is 0. The number of rotatable bonds is 1. The monoisotopic (exact) mass is 206 g/mol. The first kappa shape index (κ1) is 9.21. The number of aromatic nitrogens is 2. The molecule has 82 valence electrons. The van der Waals surface area contributed by atoms with E-state index >= 15 is 0 Å². The number of nitrogens with two attached hydrogens (primary N) is 1. The van der Waals surface area contributed by atoms with E-state index in [0.29, 0.717) is 6.04 Å². The van der Waals surface area contributed by atoms with Crippen molar-refractivity contribution in [3.63, 3.8) is 0 Å². The zero-order valence-electron chi connectivity index (χ0n) is 9.13. The van der Waals surface area contributed by atoms with E-state index in [2.05, 4.69) is 21.7 Å². The molecule has 1 aromatic heterocycles. The Hall–Kier alpha value is -1.03. The van der Waals surface area contributed by atoms with Crippen molar-refractivity contribution in [3.05, 3.63) is 12.4 Å². The number of nitrogen functional groups attached to an aromatic ring is 1. The van der Waals surface area contributed by atoms with Gasteiger partial charge in [0, 0.05) is 18.3 Å². The van der Waals surface area contributed by atoms with Crippen LogP contribution in [0.2, 0.25) is 0 Å². The topological polar surface area (TPSA) is 47.1 Å². The van der Waals surface area contributed by atoms with Crippen LogP contribution in [0.15, 0.2) is 12.4 Å². The smallest absolute Gasteiger partial charge is 0.0719 e. The van der Waals surface area contributed by atoms with Crippen molar-refractivity contribution < 1.29 is 0 Å². The molecule has 2 bridgehead atoms. The van der Waals surface area contributed by atoms with Gasteiger partial charge >= 0.3 is 0 Å². The van der Waals surface area contributed by atoms with E-state index in [-0.39, 0.29) is 0 Å². The Morgan fingerprint density at radius 1 is 1.27 bits per heavy atom. The molecule has 2 aliphatic heterocycles. The van der Waals surface area contributed by atoms with Crippen LogP contribution in [-0.2, 0) is 0 Å². The molecule has 0 aliphatic carbocycles. The van der Waals surface area contributed by atoms with Gasteiger partial charge in [-0.3, -0.25) is 4.68 Å². The van der Waals surface area contributed by atoms with E-state index in [1.54, 1.807) is 6.20 Å². The van der Waals surface area contributed by atoms with Crippen molar-refractivity contribution in [1.29, 1.82) is 0 Å². The molecule has 2 saturated heterocycles. The summed E-state index contributed by atoms with van der Waals surface area (Å²) in [4.78, 5) is 2.54. The van der Waals surface area contributed by atoms with E-state index in [1.807, 2.05) is 6.20 Å². The lowest BCUT2D eigenvalue weighted by atomic mass is 9.98. The average Bonchev–Trinajstić information content (AvgIpc) is 2.70. The van der Waals surface area contributed by atoms with Gasteiger partial charge in [0.25, 0.3) is 0 Å². The van der Waals surface area contributed by atoms with E-state index < -0.39 is 0 Å². The third kappa shape index (κ3) is 1.44. The first-order chi connectivity index (χ1) is 7.24. The van der Waals surface area contributed by atoms with Crippen LogP contribution in [0, 0.1) is 0 Å². The van der Waals surface area contributed by atoms with Gasteiger partial charge in [0.1, 0.15) is 0 Å². The Bertz CT molecular complexity index is 345. The van der Waals surface area contributed by atoms with Crippen LogP contribution in [0.3, 0.4) is 0 Å². The van der Waals surface area contributed by atoms with Gasteiger partial charge in [-0.1, -0.05) is 0 Å². The highest BCUT2D eigenvalue weighted by molar-refractivity contribution is 5.30. The minimum absolute atomic E-state index is 0.566. The molecule has 0 radical (unpaired) electrons. The second kappa shape index (κ2) is 3.23. The Balaban J connectivity index is 1.80. The van der Waals surface area contributed by atoms with Gasteiger partial charge in [0.05, 0.1) is 17.9 Å². The predicted octanol–water partition coefficient (Wildman–Crippen LogP) is 1.26. The van der Waals surface area contributed by atoms with Crippen molar-refractivity contribution in [3.8, 4) is 0 Å². The molecule has 3 rings (SSSR count). The largest absolute Gasteiger partial charge is 0.396 e. The molecule has 0 saturated carbocycles. The summed E-state index contributed by atoms with van der Waals surface area (Å²) in [6, 6.07) is 2.09. The minimum Gasteiger partial charge on any atom is -0.396 e. The van der Waals surface area contributed by atoms with Crippen LogP contribution in [0.5, 0.6) is 0 Å². The molecule has 4 nitrogen and oxygen atoms in total. The van der Waals surface area contributed by atoms with Gasteiger partial charge in [-0.05, 0) is 32.7 Å². The first-order valence-electron chi connectivity index (χ1n) is 5.75. The molecule has 2 N–H and O–H groups in total. The fourth-order valence-corrected chi connectivity index (χ4v) is 3.15. The Kier molecular flexibility index (Phi) is 1.99. The van der Waals surface area contributed by atoms with Crippen molar-refractivity contribution >= 4 is 5.69 Å². The lowest BCUT2D eigenvalue weighted by Crippen LogP contribution is -2.40. The highest BCUT2D eigenvalue weighted by atomic mass is 15.3. The summed E-state index contributed by atoms with van der Waals surface area (Å²) >= 11 is 0. The van der Waals surface area contributed by atoms with E-state index in [0.717, 1.165) is 17.8 Å². The first-order valence-corrected chi connectivity index (χ1v) is 5.75. The number of nitrogens with zero attached hydrogens (tertiary/aromatic N) is 3. The second-order valence-corrected chi connectivity index (χ2v) is 4.93. The third-order valence-corrected chi connectivity index (χ3v) is 4.07. The second-order valence-electron chi connectivity index (χ2n) is 4.93. The Morgan fingerprint density at radius 3 is 2.47 bits per heavy atom. The van der Waals surface area contributed by atoms with Crippen LogP contribution in [0.4, 0.5) is 5.69 Å². The number of hydrogen-bond acceptors (Lipinski definition) is 3. The molecule has 0 aromatic carbocycles. The van der Waals surface area contributed by atoms with Crippen molar-refractivity contribution in [1.82, 2.24) is 14.7 Å².